The molecule has 0 bridgehead atoms. The van der Waals surface area contributed by atoms with Crippen molar-refractivity contribution in [1.82, 2.24) is 0 Å². The SMILES string of the molecule is C=CC(=O)OC.O=C(O)C1=CCCC1CC1CO1. The molecule has 0 aromatic carbocycles. The second-order valence-electron chi connectivity index (χ2n) is 4.16. The Balaban J connectivity index is 0.000000232. The topological polar surface area (TPSA) is 76.1 Å². The molecular weight excluding hydrogens is 236 g/mol. The van der Waals surface area contributed by atoms with E-state index >= 15 is 0 Å². The Hall–Kier alpha value is -1.62. The van der Waals surface area contributed by atoms with Crippen LogP contribution in [-0.4, -0.2) is 36.9 Å². The Kier molecular flexibility index (Phi) is 5.58. The number of carbonyl (C=O) groups excluding carboxylic acids is 1. The van der Waals surface area contributed by atoms with Crippen molar-refractivity contribution in [3.05, 3.63) is 24.3 Å². The van der Waals surface area contributed by atoms with Gasteiger partial charge in [0.1, 0.15) is 0 Å². The number of methoxy groups -OCH3 is 1. The quantitative estimate of drug-likeness (QED) is 0.468. The third-order valence-corrected chi connectivity index (χ3v) is 2.88. The number of allylic oxidation sites excluding steroid dienone is 1. The molecule has 1 heterocycles. The van der Waals surface area contributed by atoms with Crippen molar-refractivity contribution in [2.45, 2.75) is 25.4 Å². The van der Waals surface area contributed by atoms with Gasteiger partial charge < -0.3 is 14.6 Å². The molecule has 1 aliphatic carbocycles. The second kappa shape index (κ2) is 6.96. The predicted octanol–water partition coefficient (Wildman–Crippen LogP) is 1.54. The zero-order chi connectivity index (χ0) is 13.5. The number of esters is 1. The van der Waals surface area contributed by atoms with E-state index in [0.717, 1.165) is 31.9 Å². The molecule has 1 fully saturated rings. The molecule has 1 N–H and O–H groups in total. The lowest BCUT2D eigenvalue weighted by Gasteiger charge is -2.08. The average Bonchev–Trinajstić information content (AvgIpc) is 3.04. The summed E-state index contributed by atoms with van der Waals surface area (Å²) >= 11 is 0. The molecule has 2 atom stereocenters. The van der Waals surface area contributed by atoms with Crippen LogP contribution in [0.4, 0.5) is 0 Å². The van der Waals surface area contributed by atoms with Gasteiger partial charge in [-0.2, -0.15) is 0 Å². The van der Waals surface area contributed by atoms with Gasteiger partial charge in [-0.1, -0.05) is 12.7 Å². The molecule has 1 saturated heterocycles. The Morgan fingerprint density at radius 1 is 1.67 bits per heavy atom. The molecule has 0 aromatic rings. The smallest absolute Gasteiger partial charge is 0.331 e. The minimum Gasteiger partial charge on any atom is -0.478 e. The minimum atomic E-state index is -0.752. The minimum absolute atomic E-state index is 0.245. The zero-order valence-corrected chi connectivity index (χ0v) is 10.4. The van der Waals surface area contributed by atoms with Crippen molar-refractivity contribution < 1.29 is 24.2 Å². The molecule has 0 saturated carbocycles. The molecule has 2 unspecified atom stereocenters. The van der Waals surface area contributed by atoms with Gasteiger partial charge in [0.25, 0.3) is 0 Å². The summed E-state index contributed by atoms with van der Waals surface area (Å²) in [4.78, 5) is 20.5. The molecule has 1 aliphatic heterocycles. The highest BCUT2D eigenvalue weighted by Crippen LogP contribution is 2.33. The Labute approximate surface area is 106 Å². The van der Waals surface area contributed by atoms with Crippen molar-refractivity contribution >= 4 is 11.9 Å². The van der Waals surface area contributed by atoms with Crippen LogP contribution in [0.25, 0.3) is 0 Å². The van der Waals surface area contributed by atoms with E-state index in [1.807, 2.05) is 6.08 Å². The van der Waals surface area contributed by atoms with Gasteiger partial charge in [0.2, 0.25) is 0 Å². The molecule has 0 radical (unpaired) electrons. The molecule has 0 amide bonds. The monoisotopic (exact) mass is 254 g/mol. The highest BCUT2D eigenvalue weighted by atomic mass is 16.6. The van der Waals surface area contributed by atoms with Crippen LogP contribution >= 0.6 is 0 Å². The van der Waals surface area contributed by atoms with E-state index in [1.165, 1.54) is 7.11 Å². The molecule has 2 rings (SSSR count). The summed E-state index contributed by atoms with van der Waals surface area (Å²) in [6.07, 6.45) is 6.10. The lowest BCUT2D eigenvalue weighted by Crippen LogP contribution is -2.10. The Bertz CT molecular complexity index is 354. The van der Waals surface area contributed by atoms with Crippen LogP contribution in [-0.2, 0) is 19.1 Å². The summed E-state index contributed by atoms with van der Waals surface area (Å²) in [6, 6.07) is 0. The van der Waals surface area contributed by atoms with Gasteiger partial charge in [-0.3, -0.25) is 0 Å². The standard InChI is InChI=1S/C9H12O3.C4H6O2/c10-9(11)8-3-1-2-6(8)4-7-5-12-7;1-3-4(5)6-2/h3,6-7H,1-2,4-5H2,(H,10,11);3H,1H2,2H3. The number of aliphatic carboxylic acids is 1. The number of hydrogen-bond acceptors (Lipinski definition) is 4. The first kappa shape index (κ1) is 14.4. The van der Waals surface area contributed by atoms with E-state index < -0.39 is 11.9 Å². The van der Waals surface area contributed by atoms with Gasteiger partial charge in [0.15, 0.2) is 0 Å². The van der Waals surface area contributed by atoms with Crippen molar-refractivity contribution in [2.24, 2.45) is 5.92 Å². The summed E-state index contributed by atoms with van der Waals surface area (Å²) < 4.78 is 9.22. The molecule has 0 aromatic heterocycles. The summed E-state index contributed by atoms with van der Waals surface area (Å²) in [5.41, 5.74) is 0.602. The van der Waals surface area contributed by atoms with E-state index in [1.54, 1.807) is 0 Å². The van der Waals surface area contributed by atoms with Gasteiger partial charge in [-0.05, 0) is 25.2 Å². The molecule has 100 valence electrons. The van der Waals surface area contributed by atoms with Gasteiger partial charge >= 0.3 is 11.9 Å². The normalized spacial score (nSPS) is 24.4. The number of hydrogen-bond donors (Lipinski definition) is 1. The first-order chi connectivity index (χ1) is 8.58. The van der Waals surface area contributed by atoms with Crippen LogP contribution in [0.15, 0.2) is 24.3 Å². The Morgan fingerprint density at radius 3 is 2.72 bits per heavy atom. The largest absolute Gasteiger partial charge is 0.478 e. The third kappa shape index (κ3) is 4.71. The maximum absolute atomic E-state index is 10.7. The van der Waals surface area contributed by atoms with Crippen molar-refractivity contribution in [1.29, 1.82) is 0 Å². The third-order valence-electron chi connectivity index (χ3n) is 2.88. The predicted molar refractivity (Wildman–Crippen MR) is 65.0 cm³/mol. The van der Waals surface area contributed by atoms with Crippen LogP contribution in [0.1, 0.15) is 19.3 Å². The molecule has 0 spiro atoms. The molecular formula is C13H18O5. The summed E-state index contributed by atoms with van der Waals surface area (Å²) in [5.74, 6) is -0.900. The summed E-state index contributed by atoms with van der Waals surface area (Å²) in [6.45, 7) is 3.98. The number of carbonyl (C=O) groups is 2. The van der Waals surface area contributed by atoms with Crippen molar-refractivity contribution in [3.63, 3.8) is 0 Å². The van der Waals surface area contributed by atoms with Crippen LogP contribution in [0.2, 0.25) is 0 Å². The van der Waals surface area contributed by atoms with Crippen LogP contribution in [0.3, 0.4) is 0 Å². The van der Waals surface area contributed by atoms with E-state index in [-0.39, 0.29) is 5.92 Å². The lowest BCUT2D eigenvalue weighted by atomic mass is 9.96. The maximum Gasteiger partial charge on any atom is 0.331 e. The van der Waals surface area contributed by atoms with E-state index in [9.17, 15) is 9.59 Å². The van der Waals surface area contributed by atoms with E-state index in [0.29, 0.717) is 11.7 Å². The number of rotatable bonds is 4. The van der Waals surface area contributed by atoms with Gasteiger partial charge in [0, 0.05) is 11.6 Å². The fourth-order valence-electron chi connectivity index (χ4n) is 1.87. The first-order valence-corrected chi connectivity index (χ1v) is 5.83. The molecule has 2 aliphatic rings. The zero-order valence-electron chi connectivity index (χ0n) is 10.4. The summed E-state index contributed by atoms with van der Waals surface area (Å²) in [7, 11) is 1.31. The Morgan fingerprint density at radius 2 is 2.33 bits per heavy atom. The molecule has 5 nitrogen and oxygen atoms in total. The van der Waals surface area contributed by atoms with E-state index in [2.05, 4.69) is 11.3 Å². The highest BCUT2D eigenvalue weighted by molar-refractivity contribution is 5.87. The fourth-order valence-corrected chi connectivity index (χ4v) is 1.87. The number of carboxylic acids is 1. The van der Waals surface area contributed by atoms with Crippen LogP contribution in [0, 0.1) is 5.92 Å². The van der Waals surface area contributed by atoms with Gasteiger partial charge in [-0.25, -0.2) is 9.59 Å². The number of epoxide rings is 1. The maximum atomic E-state index is 10.7. The van der Waals surface area contributed by atoms with E-state index in [4.69, 9.17) is 9.84 Å². The first-order valence-electron chi connectivity index (χ1n) is 5.83. The van der Waals surface area contributed by atoms with Gasteiger partial charge in [0.05, 0.1) is 19.8 Å². The van der Waals surface area contributed by atoms with Crippen LogP contribution in [0.5, 0.6) is 0 Å². The average molecular weight is 254 g/mol. The second-order valence-corrected chi connectivity index (χ2v) is 4.16. The number of ether oxygens (including phenoxy) is 2. The van der Waals surface area contributed by atoms with Crippen molar-refractivity contribution in [2.75, 3.05) is 13.7 Å². The number of carboxylic acid groups (broad SMARTS) is 1. The van der Waals surface area contributed by atoms with Gasteiger partial charge in [-0.15, -0.1) is 0 Å². The lowest BCUT2D eigenvalue weighted by molar-refractivity contribution is -0.135. The van der Waals surface area contributed by atoms with Crippen molar-refractivity contribution in [3.8, 4) is 0 Å². The summed E-state index contributed by atoms with van der Waals surface area (Å²) in [5, 5.41) is 8.81. The highest BCUT2D eigenvalue weighted by Gasteiger charge is 2.32. The van der Waals surface area contributed by atoms with Crippen LogP contribution < -0.4 is 0 Å². The molecule has 18 heavy (non-hydrogen) atoms. The molecule has 5 heteroatoms. The fraction of sp³-hybridized carbons (Fsp3) is 0.538.